The summed E-state index contributed by atoms with van der Waals surface area (Å²) < 4.78 is 10.8. The van der Waals surface area contributed by atoms with Crippen molar-refractivity contribution in [1.29, 1.82) is 0 Å². The van der Waals surface area contributed by atoms with Gasteiger partial charge in [0.1, 0.15) is 30.5 Å². The van der Waals surface area contributed by atoms with Crippen LogP contribution >= 0.6 is 0 Å². The third-order valence-corrected chi connectivity index (χ3v) is 5.12. The number of aromatic nitrogens is 2. The smallest absolute Gasteiger partial charge is 0.147 e. The Balaban J connectivity index is 1.68. The molecule has 1 fully saturated rings. The summed E-state index contributed by atoms with van der Waals surface area (Å²) in [6, 6.07) is 3.98. The molecule has 0 bridgehead atoms. The van der Waals surface area contributed by atoms with E-state index >= 15 is 0 Å². The molecule has 148 valence electrons. The van der Waals surface area contributed by atoms with E-state index in [2.05, 4.69) is 22.0 Å². The van der Waals surface area contributed by atoms with Crippen LogP contribution in [0.3, 0.4) is 0 Å². The average molecular weight is 386 g/mol. The highest BCUT2D eigenvalue weighted by Gasteiger charge is 2.42. The van der Waals surface area contributed by atoms with Gasteiger partial charge in [0, 0.05) is 5.39 Å². The van der Waals surface area contributed by atoms with Crippen molar-refractivity contribution in [2.45, 2.75) is 36.9 Å². The van der Waals surface area contributed by atoms with Gasteiger partial charge in [0.2, 0.25) is 0 Å². The van der Waals surface area contributed by atoms with E-state index in [1.807, 2.05) is 18.2 Å². The van der Waals surface area contributed by atoms with Crippen molar-refractivity contribution < 1.29 is 29.9 Å². The van der Waals surface area contributed by atoms with Gasteiger partial charge in [-0.05, 0) is 29.7 Å². The van der Waals surface area contributed by atoms with Gasteiger partial charge < -0.3 is 29.9 Å². The number of H-pyrrole nitrogens is 1. The third kappa shape index (κ3) is 3.56. The van der Waals surface area contributed by atoms with Gasteiger partial charge in [0.25, 0.3) is 0 Å². The summed E-state index contributed by atoms with van der Waals surface area (Å²) in [5.74, 6) is 5.81. The molecule has 0 saturated carbocycles. The fourth-order valence-corrected chi connectivity index (χ4v) is 3.50. The van der Waals surface area contributed by atoms with Crippen molar-refractivity contribution in [3.05, 3.63) is 35.5 Å². The molecule has 2 aliphatic heterocycles. The van der Waals surface area contributed by atoms with Crippen LogP contribution < -0.4 is 0 Å². The molecule has 1 saturated heterocycles. The molecule has 1 aromatic carbocycles. The summed E-state index contributed by atoms with van der Waals surface area (Å²) in [5, 5.41) is 47.2. The molecule has 5 N–H and O–H groups in total. The molecule has 5 atom stereocenters. The number of aromatic amines is 1. The molecular formula is C20H22N2O6. The number of nitrogens with zero attached hydrogens (tertiary/aromatic N) is 1. The number of nitrogens with one attached hydrogen (secondary N) is 1. The van der Waals surface area contributed by atoms with Gasteiger partial charge in [-0.15, -0.1) is 0 Å². The van der Waals surface area contributed by atoms with Crippen LogP contribution in [-0.2, 0) is 9.47 Å². The molecule has 8 nitrogen and oxygen atoms in total. The Morgan fingerprint density at radius 2 is 2.04 bits per heavy atom. The predicted molar refractivity (Wildman–Crippen MR) is 100 cm³/mol. The fourth-order valence-electron chi connectivity index (χ4n) is 3.50. The van der Waals surface area contributed by atoms with E-state index in [1.54, 1.807) is 6.20 Å². The maximum Gasteiger partial charge on any atom is 0.147 e. The second-order valence-corrected chi connectivity index (χ2v) is 6.93. The second-order valence-electron chi connectivity index (χ2n) is 6.93. The molecule has 4 rings (SSSR count). The molecule has 28 heavy (non-hydrogen) atoms. The number of ether oxygens (including phenoxy) is 2. The lowest BCUT2D eigenvalue weighted by Crippen LogP contribution is -2.58. The van der Waals surface area contributed by atoms with Crippen LogP contribution in [0.4, 0.5) is 0 Å². The van der Waals surface area contributed by atoms with E-state index in [0.29, 0.717) is 18.8 Å². The topological polar surface area (TPSA) is 128 Å². The molecular weight excluding hydrogens is 364 g/mol. The first-order valence-corrected chi connectivity index (χ1v) is 9.15. The Morgan fingerprint density at radius 3 is 2.79 bits per heavy atom. The van der Waals surface area contributed by atoms with Gasteiger partial charge in [-0.3, -0.25) is 5.10 Å². The minimum Gasteiger partial charge on any atom is -0.394 e. The van der Waals surface area contributed by atoms with E-state index in [4.69, 9.17) is 9.47 Å². The number of rotatable bonds is 2. The van der Waals surface area contributed by atoms with Crippen LogP contribution in [0.1, 0.15) is 17.5 Å². The number of fused-ring (bicyclic) bond motifs is 1. The Bertz CT molecular complexity index is 941. The molecule has 4 unspecified atom stereocenters. The van der Waals surface area contributed by atoms with Gasteiger partial charge in [-0.1, -0.05) is 17.9 Å². The minimum atomic E-state index is -1.45. The highest BCUT2D eigenvalue weighted by molar-refractivity contribution is 5.88. The van der Waals surface area contributed by atoms with Crippen molar-refractivity contribution in [3.8, 4) is 11.8 Å². The number of hydrogen-bond acceptors (Lipinski definition) is 7. The van der Waals surface area contributed by atoms with Gasteiger partial charge >= 0.3 is 0 Å². The summed E-state index contributed by atoms with van der Waals surface area (Å²) >= 11 is 0. The van der Waals surface area contributed by atoms with E-state index in [1.165, 1.54) is 5.57 Å². The Morgan fingerprint density at radius 1 is 1.18 bits per heavy atom. The van der Waals surface area contributed by atoms with E-state index in [9.17, 15) is 20.4 Å². The number of aliphatic hydroxyl groups is 4. The normalized spacial score (nSPS) is 30.6. The van der Waals surface area contributed by atoms with Crippen molar-refractivity contribution >= 4 is 16.5 Å². The summed E-state index contributed by atoms with van der Waals surface area (Å²) in [6.45, 7) is 0.755. The summed E-state index contributed by atoms with van der Waals surface area (Å²) in [5.41, 5.74) is 3.63. The fraction of sp³-hybridized carbons (Fsp3) is 0.450. The highest BCUT2D eigenvalue weighted by atomic mass is 16.5. The number of benzene rings is 1. The molecule has 3 heterocycles. The van der Waals surface area contributed by atoms with Gasteiger partial charge in [0.15, 0.2) is 0 Å². The Hall–Kier alpha value is -2.25. The lowest BCUT2D eigenvalue weighted by atomic mass is 9.94. The van der Waals surface area contributed by atoms with Crippen molar-refractivity contribution in [1.82, 2.24) is 10.2 Å². The number of aliphatic hydroxyl groups excluding tert-OH is 4. The van der Waals surface area contributed by atoms with Crippen LogP contribution in [0.5, 0.6) is 0 Å². The average Bonchev–Trinajstić information content (AvgIpc) is 3.21. The van der Waals surface area contributed by atoms with Crippen LogP contribution in [0.15, 0.2) is 24.4 Å². The zero-order valence-electron chi connectivity index (χ0n) is 15.1. The van der Waals surface area contributed by atoms with E-state index < -0.39 is 37.1 Å². The SMILES string of the molecule is OCC1OC(C#Cc2cc(C3=CCOCC3)cc3cn[nH]c23)C(O)C(O)[C@@H]1O. The minimum absolute atomic E-state index is 0.486. The molecule has 8 heteroatoms. The maximum atomic E-state index is 10.2. The van der Waals surface area contributed by atoms with E-state index in [-0.39, 0.29) is 0 Å². The van der Waals surface area contributed by atoms with Gasteiger partial charge in [0.05, 0.1) is 37.1 Å². The second kappa shape index (κ2) is 8.01. The van der Waals surface area contributed by atoms with Crippen molar-refractivity contribution in [2.75, 3.05) is 19.8 Å². The van der Waals surface area contributed by atoms with Gasteiger partial charge in [-0.25, -0.2) is 0 Å². The van der Waals surface area contributed by atoms with Crippen molar-refractivity contribution in [2.24, 2.45) is 0 Å². The first-order chi connectivity index (χ1) is 13.6. The first kappa shape index (κ1) is 19.1. The monoisotopic (exact) mass is 386 g/mol. The van der Waals surface area contributed by atoms with Crippen molar-refractivity contribution in [3.63, 3.8) is 0 Å². The summed E-state index contributed by atoms with van der Waals surface area (Å²) in [6.07, 6.45) is -1.69. The standard InChI is InChI=1S/C20H22N2O6/c23-10-16-19(25)20(26)18(24)15(28-16)2-1-12-7-13(11-3-5-27-6-4-11)8-14-9-21-22-17(12)14/h3,7-9,15-16,18-20,23-26H,4-6,10H2,(H,21,22)/t15?,16?,18?,19-,20?/m1/s1. The van der Waals surface area contributed by atoms with E-state index in [0.717, 1.165) is 22.9 Å². The molecule has 1 aromatic heterocycles. The molecule has 2 aliphatic rings. The highest BCUT2D eigenvalue weighted by Crippen LogP contribution is 2.27. The Labute approximate surface area is 161 Å². The molecule has 0 amide bonds. The summed E-state index contributed by atoms with van der Waals surface area (Å²) in [7, 11) is 0. The zero-order chi connectivity index (χ0) is 19.7. The molecule has 0 radical (unpaired) electrons. The summed E-state index contributed by atoms with van der Waals surface area (Å²) in [4.78, 5) is 0. The predicted octanol–water partition coefficient (Wildman–Crippen LogP) is -0.440. The number of hydrogen-bond donors (Lipinski definition) is 5. The van der Waals surface area contributed by atoms with Crippen LogP contribution in [0.2, 0.25) is 0 Å². The zero-order valence-corrected chi connectivity index (χ0v) is 15.1. The molecule has 0 spiro atoms. The lowest BCUT2D eigenvalue weighted by Gasteiger charge is -2.37. The van der Waals surface area contributed by atoms with Crippen LogP contribution in [-0.4, -0.2) is 81.0 Å². The maximum absolute atomic E-state index is 10.2. The third-order valence-electron chi connectivity index (χ3n) is 5.12. The molecule has 2 aromatic rings. The quantitative estimate of drug-likeness (QED) is 0.443. The van der Waals surface area contributed by atoms with Crippen LogP contribution in [0, 0.1) is 11.8 Å². The first-order valence-electron chi connectivity index (χ1n) is 9.15. The van der Waals surface area contributed by atoms with Crippen LogP contribution in [0.25, 0.3) is 16.5 Å². The lowest BCUT2D eigenvalue weighted by molar-refractivity contribution is -0.214. The molecule has 0 aliphatic carbocycles. The Kier molecular flexibility index (Phi) is 5.46. The van der Waals surface area contributed by atoms with Gasteiger partial charge in [-0.2, -0.15) is 5.10 Å². The largest absolute Gasteiger partial charge is 0.394 e.